The molecule has 2 aromatic heterocycles. The zero-order chi connectivity index (χ0) is 18.2. The Labute approximate surface area is 150 Å². The highest BCUT2D eigenvalue weighted by Crippen LogP contribution is 2.20. The Kier molecular flexibility index (Phi) is 4.97. The van der Waals surface area contributed by atoms with Crippen molar-refractivity contribution in [3.8, 4) is 0 Å². The van der Waals surface area contributed by atoms with Crippen molar-refractivity contribution in [2.24, 2.45) is 5.92 Å². The van der Waals surface area contributed by atoms with Crippen molar-refractivity contribution in [1.29, 1.82) is 0 Å². The maximum absolute atomic E-state index is 12.8. The van der Waals surface area contributed by atoms with Crippen LogP contribution in [0.5, 0.6) is 0 Å². The van der Waals surface area contributed by atoms with Gasteiger partial charge in [-0.25, -0.2) is 13.4 Å². The van der Waals surface area contributed by atoms with Crippen LogP contribution in [-0.2, 0) is 21.2 Å². The molecule has 0 aromatic carbocycles. The summed E-state index contributed by atoms with van der Waals surface area (Å²) in [6.45, 7) is 4.31. The molecule has 7 nitrogen and oxygen atoms in total. The minimum atomic E-state index is -3.09. The first-order valence-corrected chi connectivity index (χ1v) is 10.9. The van der Waals surface area contributed by atoms with E-state index in [1.807, 2.05) is 13.8 Å². The topological polar surface area (TPSA) is 89.3 Å². The summed E-state index contributed by atoms with van der Waals surface area (Å²) < 4.78 is 24.9. The molecule has 0 bridgehead atoms. The highest BCUT2D eigenvalue weighted by molar-refractivity contribution is 7.91. The van der Waals surface area contributed by atoms with Crippen molar-refractivity contribution in [3.05, 3.63) is 28.1 Å². The third-order valence-electron chi connectivity index (χ3n) is 4.29. The van der Waals surface area contributed by atoms with Gasteiger partial charge in [0.25, 0.3) is 5.56 Å². The normalized spacial score (nSPS) is 19.6. The molecule has 1 amide bonds. The number of rotatable bonds is 5. The van der Waals surface area contributed by atoms with Gasteiger partial charge in [0, 0.05) is 12.6 Å². The molecule has 3 heterocycles. The van der Waals surface area contributed by atoms with Gasteiger partial charge in [-0.3, -0.25) is 14.2 Å². The molecule has 0 saturated carbocycles. The van der Waals surface area contributed by atoms with Crippen LogP contribution in [0.3, 0.4) is 0 Å². The van der Waals surface area contributed by atoms with Crippen molar-refractivity contribution in [2.75, 3.05) is 18.1 Å². The lowest BCUT2D eigenvalue weighted by atomic mass is 10.1. The van der Waals surface area contributed by atoms with Crippen LogP contribution in [0.4, 0.5) is 0 Å². The van der Waals surface area contributed by atoms with Gasteiger partial charge in [-0.1, -0.05) is 13.8 Å². The molecular weight excluding hydrogens is 362 g/mol. The third-order valence-corrected chi connectivity index (χ3v) is 6.86. The number of hydrogen-bond donors (Lipinski definition) is 0. The second kappa shape index (κ2) is 6.87. The summed E-state index contributed by atoms with van der Waals surface area (Å²) in [5.41, 5.74) is -0.247. The van der Waals surface area contributed by atoms with Crippen LogP contribution in [0.25, 0.3) is 10.2 Å². The zero-order valence-electron chi connectivity index (χ0n) is 14.2. The molecule has 0 N–H and O–H groups in total. The first kappa shape index (κ1) is 18.1. The van der Waals surface area contributed by atoms with Gasteiger partial charge in [-0.2, -0.15) is 0 Å². The predicted octanol–water partition coefficient (Wildman–Crippen LogP) is 1.13. The number of thiophene rings is 1. The molecule has 0 unspecified atom stereocenters. The van der Waals surface area contributed by atoms with E-state index in [4.69, 9.17) is 0 Å². The quantitative estimate of drug-likeness (QED) is 0.772. The van der Waals surface area contributed by atoms with Gasteiger partial charge in [0.2, 0.25) is 5.91 Å². The van der Waals surface area contributed by atoms with Crippen LogP contribution in [-0.4, -0.2) is 52.9 Å². The molecule has 0 spiro atoms. The van der Waals surface area contributed by atoms with Crippen molar-refractivity contribution in [1.82, 2.24) is 14.5 Å². The minimum Gasteiger partial charge on any atom is -0.337 e. The van der Waals surface area contributed by atoms with E-state index < -0.39 is 9.84 Å². The molecule has 136 valence electrons. The van der Waals surface area contributed by atoms with Crippen LogP contribution in [0.2, 0.25) is 0 Å². The van der Waals surface area contributed by atoms with E-state index in [1.54, 1.807) is 16.3 Å². The minimum absolute atomic E-state index is 0.00216. The SMILES string of the molecule is CC(C)CN(C(=O)Cn1cnc2sccc2c1=O)[C@@H]1CCS(=O)(=O)C1. The Bertz CT molecular complexity index is 946. The maximum atomic E-state index is 12.8. The smallest absolute Gasteiger partial charge is 0.262 e. The van der Waals surface area contributed by atoms with Crippen molar-refractivity contribution in [2.45, 2.75) is 32.9 Å². The van der Waals surface area contributed by atoms with Gasteiger partial charge in [0.15, 0.2) is 9.84 Å². The zero-order valence-corrected chi connectivity index (χ0v) is 15.8. The number of carbonyl (C=O) groups excluding carboxylic acids is 1. The molecule has 3 rings (SSSR count). The van der Waals surface area contributed by atoms with Gasteiger partial charge >= 0.3 is 0 Å². The Morgan fingerprint density at radius 2 is 2.24 bits per heavy atom. The molecule has 25 heavy (non-hydrogen) atoms. The van der Waals surface area contributed by atoms with E-state index in [-0.39, 0.29) is 41.5 Å². The standard InChI is InChI=1S/C16H21N3O4S2/c1-11(2)7-19(12-4-6-25(22,23)9-12)14(20)8-18-10-17-15-13(16(18)21)3-5-24-15/h3,5,10-12H,4,6-9H2,1-2H3/t12-/m1/s1. The lowest BCUT2D eigenvalue weighted by Crippen LogP contribution is -2.45. The number of hydrogen-bond acceptors (Lipinski definition) is 6. The van der Waals surface area contributed by atoms with E-state index in [1.165, 1.54) is 22.2 Å². The molecule has 1 aliphatic heterocycles. The van der Waals surface area contributed by atoms with Gasteiger partial charge in [-0.15, -0.1) is 11.3 Å². The number of carbonyl (C=O) groups is 1. The monoisotopic (exact) mass is 383 g/mol. The van der Waals surface area contributed by atoms with Crippen LogP contribution in [0.15, 0.2) is 22.6 Å². The Hall–Kier alpha value is -1.74. The van der Waals surface area contributed by atoms with Gasteiger partial charge in [0.1, 0.15) is 11.4 Å². The fourth-order valence-electron chi connectivity index (χ4n) is 3.11. The summed E-state index contributed by atoms with van der Waals surface area (Å²) in [7, 11) is -3.09. The van der Waals surface area contributed by atoms with Crippen LogP contribution < -0.4 is 5.56 Å². The van der Waals surface area contributed by atoms with Crippen LogP contribution >= 0.6 is 11.3 Å². The number of nitrogens with zero attached hydrogens (tertiary/aromatic N) is 3. The summed E-state index contributed by atoms with van der Waals surface area (Å²) in [5, 5.41) is 2.29. The van der Waals surface area contributed by atoms with Crippen LogP contribution in [0, 0.1) is 5.92 Å². The molecule has 0 aliphatic carbocycles. The predicted molar refractivity (Wildman–Crippen MR) is 97.5 cm³/mol. The number of sulfone groups is 1. The van der Waals surface area contributed by atoms with E-state index in [9.17, 15) is 18.0 Å². The molecule has 1 atom stereocenters. The Morgan fingerprint density at radius 1 is 1.48 bits per heavy atom. The molecule has 2 aromatic rings. The molecule has 1 aliphatic rings. The number of amides is 1. The second-order valence-electron chi connectivity index (χ2n) is 6.81. The lowest BCUT2D eigenvalue weighted by molar-refractivity contribution is -0.134. The van der Waals surface area contributed by atoms with E-state index in [2.05, 4.69) is 4.98 Å². The maximum Gasteiger partial charge on any atom is 0.262 e. The summed E-state index contributed by atoms with van der Waals surface area (Å²) in [5.74, 6) is 0.0834. The summed E-state index contributed by atoms with van der Waals surface area (Å²) >= 11 is 1.38. The number of aromatic nitrogens is 2. The van der Waals surface area contributed by atoms with Gasteiger partial charge in [-0.05, 0) is 23.8 Å². The summed E-state index contributed by atoms with van der Waals surface area (Å²) in [4.78, 5) is 31.8. The lowest BCUT2D eigenvalue weighted by Gasteiger charge is -2.30. The van der Waals surface area contributed by atoms with E-state index >= 15 is 0 Å². The van der Waals surface area contributed by atoms with Crippen molar-refractivity contribution in [3.63, 3.8) is 0 Å². The number of fused-ring (bicyclic) bond motifs is 1. The molecule has 1 fully saturated rings. The van der Waals surface area contributed by atoms with Gasteiger partial charge < -0.3 is 4.90 Å². The van der Waals surface area contributed by atoms with Crippen LogP contribution in [0.1, 0.15) is 20.3 Å². The van der Waals surface area contributed by atoms with Crippen molar-refractivity contribution >= 4 is 37.3 Å². The fourth-order valence-corrected chi connectivity index (χ4v) is 5.57. The summed E-state index contributed by atoms with van der Waals surface area (Å²) in [6, 6.07) is 1.39. The Morgan fingerprint density at radius 3 is 2.88 bits per heavy atom. The molecule has 9 heteroatoms. The summed E-state index contributed by atoms with van der Waals surface area (Å²) in [6.07, 6.45) is 1.84. The first-order valence-electron chi connectivity index (χ1n) is 8.19. The molecular formula is C16H21N3O4S2. The van der Waals surface area contributed by atoms with Gasteiger partial charge in [0.05, 0.1) is 23.2 Å². The average molecular weight is 383 g/mol. The van der Waals surface area contributed by atoms with Crippen molar-refractivity contribution < 1.29 is 13.2 Å². The third kappa shape index (κ3) is 3.92. The fraction of sp³-hybridized carbons (Fsp3) is 0.562. The van der Waals surface area contributed by atoms with E-state index in [0.717, 1.165) is 0 Å². The first-order chi connectivity index (χ1) is 11.8. The van der Waals surface area contributed by atoms with E-state index in [0.29, 0.717) is 23.2 Å². The largest absolute Gasteiger partial charge is 0.337 e. The molecule has 1 saturated heterocycles. The molecule has 0 radical (unpaired) electrons. The average Bonchev–Trinajstić information content (AvgIpc) is 3.14. The highest BCUT2D eigenvalue weighted by atomic mass is 32.2. The highest BCUT2D eigenvalue weighted by Gasteiger charge is 2.34. The second-order valence-corrected chi connectivity index (χ2v) is 9.94. The Balaban J connectivity index is 1.84.